The van der Waals surface area contributed by atoms with Crippen LogP contribution in [0.5, 0.6) is 0 Å². The Labute approximate surface area is 211 Å². The van der Waals surface area contributed by atoms with Crippen molar-refractivity contribution < 1.29 is 4.39 Å². The Bertz CT molecular complexity index is 1810. The van der Waals surface area contributed by atoms with Gasteiger partial charge in [0.1, 0.15) is 11.5 Å². The topological polar surface area (TPSA) is 95.2 Å². The third kappa shape index (κ3) is 3.92. The van der Waals surface area contributed by atoms with Crippen LogP contribution in [0.1, 0.15) is 12.8 Å². The van der Waals surface area contributed by atoms with Gasteiger partial charge in [0.15, 0.2) is 11.5 Å². The summed E-state index contributed by atoms with van der Waals surface area (Å²) in [4.78, 5) is 16.9. The maximum absolute atomic E-state index is 13.9. The number of allylic oxidation sites excluding steroid dienone is 1. The molecule has 7 nitrogen and oxygen atoms in total. The van der Waals surface area contributed by atoms with Crippen molar-refractivity contribution in [3.63, 3.8) is 0 Å². The van der Waals surface area contributed by atoms with E-state index in [4.69, 9.17) is 4.98 Å². The lowest BCUT2D eigenvalue weighted by molar-refractivity contribution is 0.628. The highest BCUT2D eigenvalue weighted by Crippen LogP contribution is 2.37. The van der Waals surface area contributed by atoms with Gasteiger partial charge in [-0.15, -0.1) is 0 Å². The zero-order valence-electron chi connectivity index (χ0n) is 19.8. The van der Waals surface area contributed by atoms with Crippen LogP contribution in [-0.2, 0) is 0 Å². The average Bonchev–Trinajstić information content (AvgIpc) is 3.55. The number of hydrogen-bond donors (Lipinski definition) is 3. The van der Waals surface area contributed by atoms with Crippen LogP contribution in [0.2, 0.25) is 0 Å². The molecule has 1 aliphatic carbocycles. The number of aromatic amines is 2. The van der Waals surface area contributed by atoms with Crippen molar-refractivity contribution in [2.24, 2.45) is 5.92 Å². The lowest BCUT2D eigenvalue weighted by Crippen LogP contribution is -2.00. The van der Waals surface area contributed by atoms with Gasteiger partial charge in [-0.05, 0) is 66.3 Å². The third-order valence-electron chi connectivity index (χ3n) is 6.76. The Hall–Kier alpha value is -4.85. The highest BCUT2D eigenvalue weighted by Gasteiger charge is 2.24. The molecule has 8 heteroatoms. The van der Waals surface area contributed by atoms with Crippen LogP contribution in [0.3, 0.4) is 0 Å². The second-order valence-corrected chi connectivity index (χ2v) is 9.37. The van der Waals surface area contributed by atoms with Crippen molar-refractivity contribution in [2.45, 2.75) is 12.8 Å². The van der Waals surface area contributed by atoms with Crippen LogP contribution >= 0.6 is 0 Å². The molecule has 0 amide bonds. The van der Waals surface area contributed by atoms with Gasteiger partial charge in [-0.25, -0.2) is 14.4 Å². The van der Waals surface area contributed by atoms with Crippen LogP contribution in [0.15, 0.2) is 85.5 Å². The maximum atomic E-state index is 13.9. The zero-order chi connectivity index (χ0) is 24.9. The molecule has 4 heterocycles. The first-order chi connectivity index (χ1) is 18.1. The second-order valence-electron chi connectivity index (χ2n) is 9.37. The van der Waals surface area contributed by atoms with E-state index in [-0.39, 0.29) is 5.82 Å². The van der Waals surface area contributed by atoms with E-state index in [1.54, 1.807) is 12.3 Å². The lowest BCUT2D eigenvalue weighted by Gasteiger charge is -2.10. The Morgan fingerprint density at radius 1 is 1.00 bits per heavy atom. The predicted molar refractivity (Wildman–Crippen MR) is 143 cm³/mol. The van der Waals surface area contributed by atoms with Crippen molar-refractivity contribution in [1.29, 1.82) is 0 Å². The van der Waals surface area contributed by atoms with Crippen molar-refractivity contribution in [3.05, 3.63) is 91.3 Å². The minimum atomic E-state index is -0.293. The zero-order valence-corrected chi connectivity index (χ0v) is 19.8. The standard InChI is InChI=1S/C29H22FN7/c1-16(17-5-6-17)33-22-12-20(14-31-15-22)18-7-8-25-24(13-18)27(37-36-25)29-34-26-23(9-10-32-28(26)35-29)19-3-2-4-21(30)11-19/h2-4,7-15,17,33H,1,5-6H2,(H,36,37)(H,32,34,35). The first kappa shape index (κ1) is 21.4. The fourth-order valence-corrected chi connectivity index (χ4v) is 4.68. The number of hydrogen-bond acceptors (Lipinski definition) is 5. The van der Waals surface area contributed by atoms with Gasteiger partial charge < -0.3 is 10.3 Å². The van der Waals surface area contributed by atoms with Gasteiger partial charge in [0.2, 0.25) is 0 Å². The van der Waals surface area contributed by atoms with Gasteiger partial charge in [-0.1, -0.05) is 24.8 Å². The highest BCUT2D eigenvalue weighted by molar-refractivity contribution is 5.97. The predicted octanol–water partition coefficient (Wildman–Crippen LogP) is 6.70. The molecule has 1 fully saturated rings. The van der Waals surface area contributed by atoms with Crippen LogP contribution in [0.4, 0.5) is 10.1 Å². The first-order valence-electron chi connectivity index (χ1n) is 12.1. The Morgan fingerprint density at radius 3 is 2.78 bits per heavy atom. The summed E-state index contributed by atoms with van der Waals surface area (Å²) in [5.41, 5.74) is 8.40. The molecule has 180 valence electrons. The lowest BCUT2D eigenvalue weighted by atomic mass is 10.0. The monoisotopic (exact) mass is 487 g/mol. The summed E-state index contributed by atoms with van der Waals surface area (Å²) >= 11 is 0. The largest absolute Gasteiger partial charge is 0.358 e. The fourth-order valence-electron chi connectivity index (χ4n) is 4.68. The van der Waals surface area contributed by atoms with Gasteiger partial charge in [0.05, 0.1) is 22.9 Å². The fraction of sp³-hybridized carbons (Fsp3) is 0.103. The van der Waals surface area contributed by atoms with E-state index in [9.17, 15) is 4.39 Å². The third-order valence-corrected chi connectivity index (χ3v) is 6.76. The summed E-state index contributed by atoms with van der Waals surface area (Å²) in [5.74, 6) is 0.857. The van der Waals surface area contributed by atoms with Crippen molar-refractivity contribution in [1.82, 2.24) is 30.1 Å². The summed E-state index contributed by atoms with van der Waals surface area (Å²) in [6, 6.07) is 16.6. The summed E-state index contributed by atoms with van der Waals surface area (Å²) in [6.07, 6.45) is 7.73. The molecule has 0 radical (unpaired) electrons. The minimum absolute atomic E-state index is 0.293. The van der Waals surface area contributed by atoms with E-state index < -0.39 is 0 Å². The summed E-state index contributed by atoms with van der Waals surface area (Å²) in [5, 5.41) is 12.0. The van der Waals surface area contributed by atoms with E-state index >= 15 is 0 Å². The molecule has 2 aromatic carbocycles. The SMILES string of the molecule is C=C(Nc1cncc(-c2ccc3[nH]nc(-c4nc5nccc(-c6cccc(F)c6)c5[nH]4)c3c2)c1)C1CC1. The molecule has 0 saturated heterocycles. The molecule has 4 aromatic heterocycles. The molecule has 0 aliphatic heterocycles. The number of imidazole rings is 1. The molecule has 6 aromatic rings. The number of nitrogens with zero attached hydrogens (tertiary/aromatic N) is 4. The van der Waals surface area contributed by atoms with Crippen molar-refractivity contribution in [3.8, 4) is 33.8 Å². The smallest absolute Gasteiger partial charge is 0.178 e. The van der Waals surface area contributed by atoms with Gasteiger partial charge in [0.25, 0.3) is 0 Å². The number of pyridine rings is 2. The molecule has 0 spiro atoms. The van der Waals surface area contributed by atoms with Gasteiger partial charge in [-0.2, -0.15) is 5.10 Å². The van der Waals surface area contributed by atoms with Gasteiger partial charge >= 0.3 is 0 Å². The molecule has 0 atom stereocenters. The highest BCUT2D eigenvalue weighted by atomic mass is 19.1. The molecule has 0 bridgehead atoms. The normalized spacial score (nSPS) is 13.3. The van der Waals surface area contributed by atoms with Gasteiger partial charge in [-0.3, -0.25) is 10.1 Å². The van der Waals surface area contributed by atoms with Crippen molar-refractivity contribution in [2.75, 3.05) is 5.32 Å². The number of aromatic nitrogens is 6. The molecule has 1 saturated carbocycles. The number of halogens is 1. The number of benzene rings is 2. The molecule has 1 aliphatic rings. The quantitative estimate of drug-likeness (QED) is 0.243. The summed E-state index contributed by atoms with van der Waals surface area (Å²) in [6.45, 7) is 4.16. The number of H-pyrrole nitrogens is 2. The molecular formula is C29H22FN7. The van der Waals surface area contributed by atoms with Crippen LogP contribution in [0, 0.1) is 11.7 Å². The second kappa shape index (κ2) is 8.37. The molecular weight excluding hydrogens is 465 g/mol. The molecule has 3 N–H and O–H groups in total. The average molecular weight is 488 g/mol. The molecule has 0 unspecified atom stereocenters. The summed E-state index contributed by atoms with van der Waals surface area (Å²) < 4.78 is 13.9. The first-order valence-corrected chi connectivity index (χ1v) is 12.1. The van der Waals surface area contributed by atoms with E-state index in [0.29, 0.717) is 23.1 Å². The van der Waals surface area contributed by atoms with Crippen LogP contribution in [0.25, 0.3) is 55.8 Å². The maximum Gasteiger partial charge on any atom is 0.178 e. The van der Waals surface area contributed by atoms with E-state index in [0.717, 1.165) is 50.1 Å². The van der Waals surface area contributed by atoms with E-state index in [2.05, 4.69) is 49.2 Å². The van der Waals surface area contributed by atoms with Gasteiger partial charge in [0, 0.05) is 34.6 Å². The minimum Gasteiger partial charge on any atom is -0.358 e. The number of fused-ring (bicyclic) bond motifs is 2. The van der Waals surface area contributed by atoms with E-state index in [1.807, 2.05) is 36.7 Å². The Kier molecular flexibility index (Phi) is 4.85. The van der Waals surface area contributed by atoms with Crippen LogP contribution in [-0.4, -0.2) is 30.1 Å². The Balaban J connectivity index is 1.28. The number of anilines is 1. The van der Waals surface area contributed by atoms with Crippen LogP contribution < -0.4 is 5.32 Å². The number of nitrogens with one attached hydrogen (secondary N) is 3. The summed E-state index contributed by atoms with van der Waals surface area (Å²) in [7, 11) is 0. The molecule has 7 rings (SSSR count). The van der Waals surface area contributed by atoms with Crippen molar-refractivity contribution >= 4 is 27.8 Å². The Morgan fingerprint density at radius 2 is 1.92 bits per heavy atom. The number of rotatable bonds is 6. The molecule has 37 heavy (non-hydrogen) atoms. The van der Waals surface area contributed by atoms with E-state index in [1.165, 1.54) is 25.0 Å².